The lowest BCUT2D eigenvalue weighted by Crippen LogP contribution is -2.44. The molecule has 1 saturated carbocycles. The number of rotatable bonds is 6. The van der Waals surface area contributed by atoms with Gasteiger partial charge in [0.2, 0.25) is 0 Å². The van der Waals surface area contributed by atoms with Gasteiger partial charge in [-0.05, 0) is 31.7 Å². The molecule has 1 aromatic rings. The summed E-state index contributed by atoms with van der Waals surface area (Å²) in [7, 11) is 0. The summed E-state index contributed by atoms with van der Waals surface area (Å²) in [5, 5.41) is 11.1. The molecule has 1 aliphatic carbocycles. The van der Waals surface area contributed by atoms with Crippen LogP contribution in [-0.4, -0.2) is 34.2 Å². The van der Waals surface area contributed by atoms with E-state index in [1.54, 1.807) is 4.90 Å². The van der Waals surface area contributed by atoms with Crippen LogP contribution in [0.15, 0.2) is 18.2 Å². The van der Waals surface area contributed by atoms with Crippen LogP contribution >= 0.6 is 23.2 Å². The van der Waals surface area contributed by atoms with E-state index in [0.29, 0.717) is 18.8 Å². The first-order valence-electron chi connectivity index (χ1n) is 6.85. The third-order valence-electron chi connectivity index (χ3n) is 3.65. The van der Waals surface area contributed by atoms with E-state index in [2.05, 4.69) is 0 Å². The molecule has 0 aliphatic heterocycles. The molecule has 1 aliphatic rings. The molecule has 1 amide bonds. The summed E-state index contributed by atoms with van der Waals surface area (Å²) in [4.78, 5) is 24.7. The van der Waals surface area contributed by atoms with Gasteiger partial charge in [-0.1, -0.05) is 11.6 Å². The summed E-state index contributed by atoms with van der Waals surface area (Å²) in [6.45, 7) is 0.563. The minimum atomic E-state index is -0.547. The number of nitro groups is 1. The SMILES string of the molecule is O=C(c1cc(Cl)cc([N+](=O)[O-])c1)N(CCCCl)C1CCC1. The van der Waals surface area contributed by atoms with Crippen molar-refractivity contribution in [1.82, 2.24) is 4.90 Å². The first-order chi connectivity index (χ1) is 10.0. The molecule has 0 saturated heterocycles. The highest BCUT2D eigenvalue weighted by molar-refractivity contribution is 6.31. The fourth-order valence-corrected chi connectivity index (χ4v) is 2.70. The smallest absolute Gasteiger partial charge is 0.271 e. The quantitative estimate of drug-likeness (QED) is 0.451. The van der Waals surface area contributed by atoms with Crippen LogP contribution in [-0.2, 0) is 0 Å². The van der Waals surface area contributed by atoms with Gasteiger partial charge in [0.25, 0.3) is 11.6 Å². The molecule has 21 heavy (non-hydrogen) atoms. The number of halogens is 2. The number of non-ortho nitro benzene ring substituents is 1. The molecule has 0 radical (unpaired) electrons. The van der Waals surface area contributed by atoms with E-state index in [1.807, 2.05) is 0 Å². The van der Waals surface area contributed by atoms with Crippen molar-refractivity contribution in [3.63, 3.8) is 0 Å². The molecule has 2 rings (SSSR count). The van der Waals surface area contributed by atoms with E-state index < -0.39 is 4.92 Å². The lowest BCUT2D eigenvalue weighted by molar-refractivity contribution is -0.384. The van der Waals surface area contributed by atoms with Crippen molar-refractivity contribution < 1.29 is 9.72 Å². The zero-order chi connectivity index (χ0) is 15.4. The molecular weight excluding hydrogens is 315 g/mol. The molecule has 0 heterocycles. The summed E-state index contributed by atoms with van der Waals surface area (Å²) in [5.74, 6) is 0.266. The van der Waals surface area contributed by atoms with Gasteiger partial charge in [0.1, 0.15) is 0 Å². The number of nitro benzene ring substituents is 1. The topological polar surface area (TPSA) is 63.4 Å². The van der Waals surface area contributed by atoms with Gasteiger partial charge in [0.15, 0.2) is 0 Å². The van der Waals surface area contributed by atoms with E-state index >= 15 is 0 Å². The maximum atomic E-state index is 12.6. The van der Waals surface area contributed by atoms with Gasteiger partial charge in [-0.15, -0.1) is 11.6 Å². The van der Waals surface area contributed by atoms with E-state index in [0.717, 1.165) is 19.3 Å². The summed E-state index contributed by atoms with van der Waals surface area (Å²) in [6, 6.07) is 4.20. The summed E-state index contributed by atoms with van der Waals surface area (Å²) in [5.41, 5.74) is 0.0902. The lowest BCUT2D eigenvalue weighted by Gasteiger charge is -2.37. The van der Waals surface area contributed by atoms with E-state index in [9.17, 15) is 14.9 Å². The van der Waals surface area contributed by atoms with Gasteiger partial charge in [-0.25, -0.2) is 0 Å². The van der Waals surface area contributed by atoms with E-state index in [1.165, 1.54) is 18.2 Å². The third kappa shape index (κ3) is 3.86. The number of nitrogens with zero attached hydrogens (tertiary/aromatic N) is 2. The number of hydrogen-bond donors (Lipinski definition) is 0. The molecule has 7 heteroatoms. The predicted octanol–water partition coefficient (Wildman–Crippen LogP) is 3.87. The Morgan fingerprint density at radius 2 is 2.10 bits per heavy atom. The van der Waals surface area contributed by atoms with Crippen molar-refractivity contribution in [3.8, 4) is 0 Å². The van der Waals surface area contributed by atoms with Crippen molar-refractivity contribution >= 4 is 34.8 Å². The third-order valence-corrected chi connectivity index (χ3v) is 4.13. The van der Waals surface area contributed by atoms with Crippen LogP contribution < -0.4 is 0 Å². The van der Waals surface area contributed by atoms with Crippen molar-refractivity contribution in [2.75, 3.05) is 12.4 Å². The molecule has 5 nitrogen and oxygen atoms in total. The van der Waals surface area contributed by atoms with Gasteiger partial charge >= 0.3 is 0 Å². The summed E-state index contributed by atoms with van der Waals surface area (Å²) in [6.07, 6.45) is 3.74. The average Bonchev–Trinajstić information content (AvgIpc) is 2.39. The van der Waals surface area contributed by atoms with Crippen LogP contribution in [0.3, 0.4) is 0 Å². The maximum Gasteiger partial charge on any atom is 0.271 e. The Balaban J connectivity index is 2.24. The zero-order valence-corrected chi connectivity index (χ0v) is 12.9. The second kappa shape index (κ2) is 7.09. The van der Waals surface area contributed by atoms with Gasteiger partial charge in [0, 0.05) is 41.2 Å². The van der Waals surface area contributed by atoms with Crippen LogP contribution in [0, 0.1) is 10.1 Å². The van der Waals surface area contributed by atoms with Crippen LogP contribution in [0.25, 0.3) is 0 Å². The number of benzene rings is 1. The van der Waals surface area contributed by atoms with Crippen LogP contribution in [0.2, 0.25) is 5.02 Å². The fraction of sp³-hybridized carbons (Fsp3) is 0.500. The number of alkyl halides is 1. The lowest BCUT2D eigenvalue weighted by atomic mass is 9.90. The number of hydrogen-bond acceptors (Lipinski definition) is 3. The molecule has 0 N–H and O–H groups in total. The highest BCUT2D eigenvalue weighted by Crippen LogP contribution is 2.28. The largest absolute Gasteiger partial charge is 0.336 e. The van der Waals surface area contributed by atoms with Crippen LogP contribution in [0.4, 0.5) is 5.69 Å². The van der Waals surface area contributed by atoms with E-state index in [4.69, 9.17) is 23.2 Å². The van der Waals surface area contributed by atoms with Gasteiger partial charge in [-0.3, -0.25) is 14.9 Å². The summed E-state index contributed by atoms with van der Waals surface area (Å²) < 4.78 is 0. The Labute approximate surface area is 133 Å². The fourth-order valence-electron chi connectivity index (χ4n) is 2.35. The Bertz CT molecular complexity index is 547. The van der Waals surface area contributed by atoms with E-state index in [-0.39, 0.29) is 28.2 Å². The monoisotopic (exact) mass is 330 g/mol. The molecular formula is C14H16Cl2N2O3. The zero-order valence-electron chi connectivity index (χ0n) is 11.4. The number of amides is 1. The molecule has 0 aromatic heterocycles. The predicted molar refractivity (Wildman–Crippen MR) is 82.1 cm³/mol. The van der Waals surface area contributed by atoms with Crippen LogP contribution in [0.1, 0.15) is 36.0 Å². The number of carbonyl (C=O) groups excluding carboxylic acids is 1. The van der Waals surface area contributed by atoms with Crippen molar-refractivity contribution in [3.05, 3.63) is 38.9 Å². The molecule has 0 unspecified atom stereocenters. The second-order valence-electron chi connectivity index (χ2n) is 5.08. The first kappa shape index (κ1) is 16.0. The molecule has 1 aromatic carbocycles. The van der Waals surface area contributed by atoms with Crippen molar-refractivity contribution in [2.45, 2.75) is 31.7 Å². The normalized spacial score (nSPS) is 14.6. The highest BCUT2D eigenvalue weighted by Gasteiger charge is 2.29. The average molecular weight is 331 g/mol. The highest BCUT2D eigenvalue weighted by atomic mass is 35.5. The Morgan fingerprint density at radius 1 is 1.38 bits per heavy atom. The Hall–Kier alpha value is -1.33. The molecule has 0 atom stereocenters. The standard InChI is InChI=1S/C14H16Cl2N2O3/c15-5-2-6-17(12-3-1-4-12)14(19)10-7-11(16)9-13(8-10)18(20)21/h7-9,12H,1-6H2. The Kier molecular flexibility index (Phi) is 5.42. The van der Waals surface area contributed by atoms with Crippen molar-refractivity contribution in [2.24, 2.45) is 0 Å². The number of carbonyl (C=O) groups is 1. The molecule has 1 fully saturated rings. The summed E-state index contributed by atoms with van der Waals surface area (Å²) >= 11 is 11.6. The maximum absolute atomic E-state index is 12.6. The molecule has 0 bridgehead atoms. The minimum Gasteiger partial charge on any atom is -0.336 e. The molecule has 0 spiro atoms. The molecule has 114 valence electrons. The van der Waals surface area contributed by atoms with Crippen LogP contribution in [0.5, 0.6) is 0 Å². The second-order valence-corrected chi connectivity index (χ2v) is 5.90. The first-order valence-corrected chi connectivity index (χ1v) is 7.76. The minimum absolute atomic E-state index is 0.170. The van der Waals surface area contributed by atoms with Crippen molar-refractivity contribution in [1.29, 1.82) is 0 Å². The Morgan fingerprint density at radius 3 is 2.62 bits per heavy atom. The van der Waals surface area contributed by atoms with Gasteiger partial charge in [0.05, 0.1) is 4.92 Å². The van der Waals surface area contributed by atoms with Gasteiger partial charge < -0.3 is 4.90 Å². The van der Waals surface area contributed by atoms with Gasteiger partial charge in [-0.2, -0.15) is 0 Å².